The third-order valence-electron chi connectivity index (χ3n) is 4.76. The summed E-state index contributed by atoms with van der Waals surface area (Å²) in [5, 5.41) is 0. The molecule has 6 heteroatoms. The van der Waals surface area contributed by atoms with E-state index in [0.717, 1.165) is 11.1 Å². The summed E-state index contributed by atoms with van der Waals surface area (Å²) < 4.78 is 47.1. The Hall–Kier alpha value is -1.76. The van der Waals surface area contributed by atoms with Crippen LogP contribution in [0.1, 0.15) is 25.0 Å². The molecule has 1 heterocycles. The summed E-state index contributed by atoms with van der Waals surface area (Å²) in [7, 11) is -3.69. The van der Waals surface area contributed by atoms with Gasteiger partial charge in [-0.05, 0) is 42.7 Å². The van der Waals surface area contributed by atoms with Crippen molar-refractivity contribution >= 4 is 10.0 Å². The summed E-state index contributed by atoms with van der Waals surface area (Å²) in [6.45, 7) is 6.26. The van der Waals surface area contributed by atoms with Crippen LogP contribution in [0.4, 0.5) is 4.39 Å². The number of aryl methyl sites for hydroxylation is 1. The van der Waals surface area contributed by atoms with Crippen molar-refractivity contribution in [3.8, 4) is 0 Å². The minimum absolute atomic E-state index is 0.119. The highest BCUT2D eigenvalue weighted by molar-refractivity contribution is 7.89. The van der Waals surface area contributed by atoms with Crippen molar-refractivity contribution in [3.05, 3.63) is 65.5 Å². The van der Waals surface area contributed by atoms with Crippen LogP contribution in [0.3, 0.4) is 0 Å². The fourth-order valence-electron chi connectivity index (χ4n) is 3.19. The van der Waals surface area contributed by atoms with Crippen LogP contribution in [0.2, 0.25) is 0 Å². The highest BCUT2D eigenvalue weighted by Crippen LogP contribution is 2.32. The van der Waals surface area contributed by atoms with Crippen LogP contribution in [0.25, 0.3) is 0 Å². The van der Waals surface area contributed by atoms with Gasteiger partial charge < -0.3 is 4.74 Å². The number of sulfonamides is 1. The topological polar surface area (TPSA) is 46.6 Å². The van der Waals surface area contributed by atoms with Gasteiger partial charge in [0, 0.05) is 6.42 Å². The quantitative estimate of drug-likeness (QED) is 0.797. The van der Waals surface area contributed by atoms with E-state index in [1.54, 1.807) is 36.4 Å². The number of hydrogen-bond donors (Lipinski definition) is 0. The summed E-state index contributed by atoms with van der Waals surface area (Å²) in [5.41, 5.74) is 1.84. The van der Waals surface area contributed by atoms with Gasteiger partial charge in [0.2, 0.25) is 10.0 Å². The first kappa shape index (κ1) is 19.0. The number of nitrogens with zero attached hydrogens (tertiary/aromatic N) is 1. The first-order valence-electron chi connectivity index (χ1n) is 8.75. The second-order valence-corrected chi connectivity index (χ2v) is 8.92. The molecule has 0 aliphatic carbocycles. The predicted octanol–water partition coefficient (Wildman–Crippen LogP) is 3.75. The highest BCUT2D eigenvalue weighted by Gasteiger charge is 2.44. The Balaban J connectivity index is 1.94. The van der Waals surface area contributed by atoms with Gasteiger partial charge in [-0.25, -0.2) is 12.8 Å². The lowest BCUT2D eigenvalue weighted by atomic mass is 10.1. The molecule has 1 aliphatic heterocycles. The highest BCUT2D eigenvalue weighted by atomic mass is 32.2. The molecule has 0 N–H and O–H groups in total. The summed E-state index contributed by atoms with van der Waals surface area (Å²) in [6, 6.07) is 12.7. The van der Waals surface area contributed by atoms with Crippen LogP contribution in [-0.2, 0) is 21.2 Å². The molecule has 0 radical (unpaired) electrons. The lowest BCUT2D eigenvalue weighted by molar-refractivity contribution is 0.0687. The second-order valence-electron chi connectivity index (χ2n) is 7.08. The van der Waals surface area contributed by atoms with E-state index in [2.05, 4.69) is 0 Å². The minimum atomic E-state index is -3.69. The number of benzene rings is 2. The van der Waals surface area contributed by atoms with E-state index in [-0.39, 0.29) is 22.7 Å². The lowest BCUT2D eigenvalue weighted by Crippen LogP contribution is -2.45. The van der Waals surface area contributed by atoms with E-state index >= 15 is 0 Å². The Morgan fingerprint density at radius 1 is 1.12 bits per heavy atom. The van der Waals surface area contributed by atoms with Gasteiger partial charge in [0.15, 0.2) is 0 Å². The zero-order chi connectivity index (χ0) is 18.9. The van der Waals surface area contributed by atoms with Crippen LogP contribution in [-0.4, -0.2) is 31.6 Å². The average molecular weight is 377 g/mol. The molecule has 1 saturated heterocycles. The number of rotatable bonds is 5. The molecular weight excluding hydrogens is 353 g/mol. The van der Waals surface area contributed by atoms with Crippen molar-refractivity contribution in [1.29, 1.82) is 0 Å². The van der Waals surface area contributed by atoms with E-state index < -0.39 is 16.3 Å². The molecule has 0 unspecified atom stereocenters. The molecule has 3 rings (SSSR count). The molecule has 140 valence electrons. The Kier molecular flexibility index (Phi) is 5.46. The van der Waals surface area contributed by atoms with E-state index in [9.17, 15) is 12.8 Å². The Morgan fingerprint density at radius 3 is 2.31 bits per heavy atom. The van der Waals surface area contributed by atoms with Gasteiger partial charge >= 0.3 is 0 Å². The molecule has 0 aromatic heterocycles. The van der Waals surface area contributed by atoms with Crippen molar-refractivity contribution in [2.45, 2.75) is 44.4 Å². The normalized spacial score (nSPS) is 21.4. The zero-order valence-corrected chi connectivity index (χ0v) is 16.0. The molecular formula is C20H24FNO3S. The molecule has 26 heavy (non-hydrogen) atoms. The smallest absolute Gasteiger partial charge is 0.245 e. The van der Waals surface area contributed by atoms with Gasteiger partial charge in [0.25, 0.3) is 0 Å². The van der Waals surface area contributed by atoms with Crippen LogP contribution >= 0.6 is 0 Å². The van der Waals surface area contributed by atoms with Crippen molar-refractivity contribution in [3.63, 3.8) is 0 Å². The summed E-state index contributed by atoms with van der Waals surface area (Å²) >= 11 is 0. The zero-order valence-electron chi connectivity index (χ0n) is 15.2. The third-order valence-corrected chi connectivity index (χ3v) is 6.69. The SMILES string of the molecule is Cc1ccc(S(=O)(=O)N2[C@H](Cc3ccc(F)cc3)OC[C@@H]2C(C)C)cc1. The van der Waals surface area contributed by atoms with E-state index in [0.29, 0.717) is 13.0 Å². The van der Waals surface area contributed by atoms with Crippen molar-refractivity contribution in [1.82, 2.24) is 4.31 Å². The summed E-state index contributed by atoms with van der Waals surface area (Å²) in [4.78, 5) is 0.267. The van der Waals surface area contributed by atoms with Crippen LogP contribution < -0.4 is 0 Å². The minimum Gasteiger partial charge on any atom is -0.360 e. The number of ether oxygens (including phenoxy) is 1. The molecule has 1 fully saturated rings. The Bertz CT molecular complexity index is 848. The van der Waals surface area contributed by atoms with Gasteiger partial charge in [0.1, 0.15) is 12.0 Å². The fourth-order valence-corrected chi connectivity index (χ4v) is 5.02. The molecule has 0 bridgehead atoms. The first-order chi connectivity index (χ1) is 12.3. The van der Waals surface area contributed by atoms with Gasteiger partial charge in [-0.2, -0.15) is 4.31 Å². The monoisotopic (exact) mass is 377 g/mol. The summed E-state index contributed by atoms with van der Waals surface area (Å²) in [6.07, 6.45) is -0.214. The molecule has 1 aliphatic rings. The van der Waals surface area contributed by atoms with Gasteiger partial charge in [-0.3, -0.25) is 0 Å². The second kappa shape index (κ2) is 7.47. The largest absolute Gasteiger partial charge is 0.360 e. The summed E-state index contributed by atoms with van der Waals surface area (Å²) in [5.74, 6) is -0.196. The van der Waals surface area contributed by atoms with E-state index in [1.807, 2.05) is 20.8 Å². The van der Waals surface area contributed by atoms with Gasteiger partial charge in [-0.15, -0.1) is 0 Å². The fraction of sp³-hybridized carbons (Fsp3) is 0.400. The van der Waals surface area contributed by atoms with Crippen LogP contribution in [0, 0.1) is 18.7 Å². The maximum absolute atomic E-state index is 13.3. The average Bonchev–Trinajstić information content (AvgIpc) is 3.02. The Labute approximate surface area is 154 Å². The maximum Gasteiger partial charge on any atom is 0.245 e. The predicted molar refractivity (Wildman–Crippen MR) is 98.7 cm³/mol. The van der Waals surface area contributed by atoms with Gasteiger partial charge in [0.05, 0.1) is 17.5 Å². The Morgan fingerprint density at radius 2 is 1.73 bits per heavy atom. The lowest BCUT2D eigenvalue weighted by Gasteiger charge is -2.29. The van der Waals surface area contributed by atoms with Crippen molar-refractivity contribution in [2.75, 3.05) is 6.61 Å². The standard InChI is InChI=1S/C20H24FNO3S/c1-14(2)19-13-25-20(12-16-6-8-17(21)9-7-16)22(19)26(23,24)18-10-4-15(3)5-11-18/h4-11,14,19-20H,12-13H2,1-3H3/t19-,20+/m1/s1. The maximum atomic E-state index is 13.3. The number of hydrogen-bond acceptors (Lipinski definition) is 3. The van der Waals surface area contributed by atoms with Crippen molar-refractivity contribution in [2.24, 2.45) is 5.92 Å². The molecule has 4 nitrogen and oxygen atoms in total. The van der Waals surface area contributed by atoms with Crippen LogP contribution in [0.5, 0.6) is 0 Å². The van der Waals surface area contributed by atoms with E-state index in [4.69, 9.17) is 4.74 Å². The van der Waals surface area contributed by atoms with Crippen molar-refractivity contribution < 1.29 is 17.5 Å². The molecule has 0 spiro atoms. The molecule has 0 saturated carbocycles. The molecule has 2 atom stereocenters. The molecule has 2 aromatic carbocycles. The van der Waals surface area contributed by atoms with E-state index in [1.165, 1.54) is 16.4 Å². The first-order valence-corrected chi connectivity index (χ1v) is 10.2. The third kappa shape index (κ3) is 3.82. The molecule has 2 aromatic rings. The number of halogens is 1. The van der Waals surface area contributed by atoms with Gasteiger partial charge in [-0.1, -0.05) is 43.7 Å². The molecule has 0 amide bonds. The van der Waals surface area contributed by atoms with Crippen LogP contribution in [0.15, 0.2) is 53.4 Å².